The predicted molar refractivity (Wildman–Crippen MR) is 79.1 cm³/mol. The van der Waals surface area contributed by atoms with E-state index in [1.807, 2.05) is 25.1 Å². The third-order valence-electron chi connectivity index (χ3n) is 3.11. The average molecular weight is 269 g/mol. The highest BCUT2D eigenvalue weighted by Gasteiger charge is 2.22. The van der Waals surface area contributed by atoms with Gasteiger partial charge in [-0.25, -0.2) is 4.79 Å². The number of carbonyl (C=O) groups is 1. The van der Waals surface area contributed by atoms with Crippen LogP contribution in [0.15, 0.2) is 42.7 Å². The molecular weight excluding hydrogens is 250 g/mol. The SMILES string of the molecule is Cc1cccc(C(C)(C)C)c1OC(=O)c1cccnc1. The molecule has 0 fully saturated rings. The summed E-state index contributed by atoms with van der Waals surface area (Å²) >= 11 is 0. The molecule has 1 aromatic heterocycles. The summed E-state index contributed by atoms with van der Waals surface area (Å²) in [7, 11) is 0. The molecular formula is C17H19NO2. The lowest BCUT2D eigenvalue weighted by molar-refractivity contribution is 0.0730. The number of hydrogen-bond acceptors (Lipinski definition) is 3. The van der Waals surface area contributed by atoms with Crippen molar-refractivity contribution in [3.05, 3.63) is 59.4 Å². The zero-order valence-corrected chi connectivity index (χ0v) is 12.3. The number of benzene rings is 1. The van der Waals surface area contributed by atoms with Gasteiger partial charge in [0.15, 0.2) is 0 Å². The maximum atomic E-state index is 12.2. The van der Waals surface area contributed by atoms with Gasteiger partial charge in [-0.05, 0) is 30.0 Å². The van der Waals surface area contributed by atoms with Gasteiger partial charge in [0, 0.05) is 18.0 Å². The maximum Gasteiger partial charge on any atom is 0.345 e. The standard InChI is InChI=1S/C17H19NO2/c1-12-7-5-9-14(17(2,3)4)15(12)20-16(19)13-8-6-10-18-11-13/h5-11H,1-4H3. The number of carbonyl (C=O) groups excluding carboxylic acids is 1. The molecule has 0 aliphatic heterocycles. The van der Waals surface area contributed by atoms with Crippen LogP contribution in [-0.2, 0) is 5.41 Å². The minimum atomic E-state index is -0.377. The van der Waals surface area contributed by atoms with Crippen LogP contribution in [0.1, 0.15) is 42.3 Å². The number of pyridine rings is 1. The Morgan fingerprint density at radius 2 is 1.90 bits per heavy atom. The van der Waals surface area contributed by atoms with Crippen molar-refractivity contribution in [2.24, 2.45) is 0 Å². The normalized spacial score (nSPS) is 11.2. The lowest BCUT2D eigenvalue weighted by Crippen LogP contribution is -2.17. The molecule has 0 aliphatic rings. The van der Waals surface area contributed by atoms with Crippen molar-refractivity contribution in [3.63, 3.8) is 0 Å². The van der Waals surface area contributed by atoms with E-state index in [-0.39, 0.29) is 11.4 Å². The summed E-state index contributed by atoms with van der Waals surface area (Å²) in [6, 6.07) is 9.35. The number of aryl methyl sites for hydroxylation is 1. The van der Waals surface area contributed by atoms with E-state index in [1.165, 1.54) is 6.20 Å². The van der Waals surface area contributed by atoms with Crippen molar-refractivity contribution >= 4 is 5.97 Å². The molecule has 0 bridgehead atoms. The molecule has 0 saturated carbocycles. The molecule has 3 nitrogen and oxygen atoms in total. The zero-order valence-electron chi connectivity index (χ0n) is 12.3. The molecule has 0 atom stereocenters. The number of rotatable bonds is 2. The molecule has 0 saturated heterocycles. The summed E-state index contributed by atoms with van der Waals surface area (Å²) in [5.41, 5.74) is 2.34. The highest BCUT2D eigenvalue weighted by Crippen LogP contribution is 2.34. The number of hydrogen-bond donors (Lipinski definition) is 0. The van der Waals surface area contributed by atoms with Crippen LogP contribution < -0.4 is 4.74 Å². The second kappa shape index (κ2) is 5.45. The molecule has 2 aromatic rings. The van der Waals surface area contributed by atoms with E-state index >= 15 is 0 Å². The first-order valence-corrected chi connectivity index (χ1v) is 6.62. The minimum Gasteiger partial charge on any atom is -0.422 e. The Labute approximate surface area is 119 Å². The average Bonchev–Trinajstić information content (AvgIpc) is 2.40. The van der Waals surface area contributed by atoms with Crippen LogP contribution >= 0.6 is 0 Å². The monoisotopic (exact) mass is 269 g/mol. The lowest BCUT2D eigenvalue weighted by Gasteiger charge is -2.23. The van der Waals surface area contributed by atoms with E-state index in [0.717, 1.165) is 11.1 Å². The van der Waals surface area contributed by atoms with Gasteiger partial charge < -0.3 is 4.74 Å². The first-order chi connectivity index (χ1) is 9.39. The molecule has 3 heteroatoms. The van der Waals surface area contributed by atoms with E-state index in [4.69, 9.17) is 4.74 Å². The molecule has 0 aliphatic carbocycles. The summed E-state index contributed by atoms with van der Waals surface area (Å²) in [5, 5.41) is 0. The quantitative estimate of drug-likeness (QED) is 0.613. The van der Waals surface area contributed by atoms with Crippen LogP contribution in [0.4, 0.5) is 0 Å². The molecule has 0 radical (unpaired) electrons. The third kappa shape index (κ3) is 3.05. The zero-order chi connectivity index (χ0) is 14.8. The summed E-state index contributed by atoms with van der Waals surface area (Å²) in [6.07, 6.45) is 3.14. The van der Waals surface area contributed by atoms with E-state index in [0.29, 0.717) is 11.3 Å². The highest BCUT2D eigenvalue weighted by molar-refractivity contribution is 5.91. The van der Waals surface area contributed by atoms with Crippen molar-refractivity contribution in [2.75, 3.05) is 0 Å². The number of nitrogens with zero attached hydrogens (tertiary/aromatic N) is 1. The number of ether oxygens (including phenoxy) is 1. The van der Waals surface area contributed by atoms with Crippen LogP contribution in [-0.4, -0.2) is 11.0 Å². The molecule has 0 N–H and O–H groups in total. The van der Waals surface area contributed by atoms with Gasteiger partial charge in [0.1, 0.15) is 5.75 Å². The minimum absolute atomic E-state index is 0.0867. The fourth-order valence-corrected chi connectivity index (χ4v) is 2.01. The van der Waals surface area contributed by atoms with Crippen molar-refractivity contribution < 1.29 is 9.53 Å². The smallest absolute Gasteiger partial charge is 0.345 e. The topological polar surface area (TPSA) is 39.2 Å². The summed E-state index contributed by atoms with van der Waals surface area (Å²) in [4.78, 5) is 16.1. The van der Waals surface area contributed by atoms with Gasteiger partial charge in [-0.1, -0.05) is 39.0 Å². The van der Waals surface area contributed by atoms with Gasteiger partial charge in [0.25, 0.3) is 0 Å². The molecule has 2 rings (SSSR count). The Balaban J connectivity index is 2.37. The molecule has 104 valence electrons. The van der Waals surface area contributed by atoms with Crippen LogP contribution in [0.3, 0.4) is 0 Å². The summed E-state index contributed by atoms with van der Waals surface area (Å²) in [6.45, 7) is 8.25. The van der Waals surface area contributed by atoms with Crippen LogP contribution in [0, 0.1) is 6.92 Å². The van der Waals surface area contributed by atoms with Gasteiger partial charge in [0.05, 0.1) is 5.56 Å². The van der Waals surface area contributed by atoms with E-state index in [2.05, 4.69) is 25.8 Å². The summed E-state index contributed by atoms with van der Waals surface area (Å²) in [5.74, 6) is 0.270. The first-order valence-electron chi connectivity index (χ1n) is 6.62. The second-order valence-corrected chi connectivity index (χ2v) is 5.83. The fraction of sp³-hybridized carbons (Fsp3) is 0.294. The van der Waals surface area contributed by atoms with Gasteiger partial charge >= 0.3 is 5.97 Å². The Morgan fingerprint density at radius 1 is 1.15 bits per heavy atom. The van der Waals surface area contributed by atoms with Crippen LogP contribution in [0.2, 0.25) is 0 Å². The Bertz CT molecular complexity index is 613. The summed E-state index contributed by atoms with van der Waals surface area (Å²) < 4.78 is 5.61. The van der Waals surface area contributed by atoms with Crippen LogP contribution in [0.25, 0.3) is 0 Å². The number of esters is 1. The van der Waals surface area contributed by atoms with Gasteiger partial charge in [0.2, 0.25) is 0 Å². The molecule has 20 heavy (non-hydrogen) atoms. The third-order valence-corrected chi connectivity index (χ3v) is 3.11. The van der Waals surface area contributed by atoms with Crippen molar-refractivity contribution in [2.45, 2.75) is 33.1 Å². The van der Waals surface area contributed by atoms with E-state index in [9.17, 15) is 4.79 Å². The van der Waals surface area contributed by atoms with Gasteiger partial charge in [-0.15, -0.1) is 0 Å². The van der Waals surface area contributed by atoms with Gasteiger partial charge in [-0.2, -0.15) is 0 Å². The van der Waals surface area contributed by atoms with Gasteiger partial charge in [-0.3, -0.25) is 4.98 Å². The number of aromatic nitrogens is 1. The van der Waals surface area contributed by atoms with Crippen molar-refractivity contribution in [1.29, 1.82) is 0 Å². The molecule has 1 heterocycles. The Morgan fingerprint density at radius 3 is 2.50 bits per heavy atom. The lowest BCUT2D eigenvalue weighted by atomic mass is 9.85. The highest BCUT2D eigenvalue weighted by atomic mass is 16.5. The van der Waals surface area contributed by atoms with Crippen LogP contribution in [0.5, 0.6) is 5.75 Å². The molecule has 0 unspecified atom stereocenters. The van der Waals surface area contributed by atoms with E-state index < -0.39 is 0 Å². The molecule has 0 amide bonds. The number of para-hydroxylation sites is 1. The second-order valence-electron chi connectivity index (χ2n) is 5.83. The van der Waals surface area contributed by atoms with Crippen molar-refractivity contribution in [1.82, 2.24) is 4.98 Å². The Hall–Kier alpha value is -2.16. The maximum absolute atomic E-state index is 12.2. The molecule has 0 spiro atoms. The van der Waals surface area contributed by atoms with E-state index in [1.54, 1.807) is 18.3 Å². The first kappa shape index (κ1) is 14.3. The Kier molecular flexibility index (Phi) is 3.89. The van der Waals surface area contributed by atoms with Crippen molar-refractivity contribution in [3.8, 4) is 5.75 Å². The predicted octanol–water partition coefficient (Wildman–Crippen LogP) is 3.91. The molecule has 1 aromatic carbocycles. The fourth-order valence-electron chi connectivity index (χ4n) is 2.01. The largest absolute Gasteiger partial charge is 0.422 e.